The molecule has 0 spiro atoms. The molecule has 0 N–H and O–H groups in total. The van der Waals surface area contributed by atoms with Crippen LogP contribution in [0.3, 0.4) is 0 Å². The third-order valence-corrected chi connectivity index (χ3v) is 4.12. The van der Waals surface area contributed by atoms with Crippen molar-refractivity contribution in [1.82, 2.24) is 0 Å². The molecule has 0 amide bonds. The Kier molecular flexibility index (Phi) is 4.58. The fourth-order valence-corrected chi connectivity index (χ4v) is 3.03. The maximum Gasteiger partial charge on any atom is 0.127 e. The Balaban J connectivity index is 2.28. The zero-order chi connectivity index (χ0) is 14.0. The van der Waals surface area contributed by atoms with Gasteiger partial charge in [-0.1, -0.05) is 51.8 Å². The average Bonchev–Trinajstić information content (AvgIpc) is 2.36. The summed E-state index contributed by atoms with van der Waals surface area (Å²) in [4.78, 5) is -0.156. The second-order valence-electron chi connectivity index (χ2n) is 4.39. The normalized spacial score (nSPS) is 12.5. The molecule has 2 rings (SSSR count). The SMILES string of the molecule is Cc1cc(C(Br)Cc2ccccc2F)c(Cl)cc1F. The summed E-state index contributed by atoms with van der Waals surface area (Å²) in [5.41, 5.74) is 1.89. The maximum absolute atomic E-state index is 13.6. The number of hydrogen-bond donors (Lipinski definition) is 0. The van der Waals surface area contributed by atoms with E-state index in [2.05, 4.69) is 15.9 Å². The van der Waals surface area contributed by atoms with E-state index < -0.39 is 0 Å². The Labute approximate surface area is 124 Å². The number of rotatable bonds is 3. The highest BCUT2D eigenvalue weighted by Crippen LogP contribution is 2.34. The quantitative estimate of drug-likeness (QED) is 0.635. The second kappa shape index (κ2) is 6.02. The predicted octanol–water partition coefficient (Wildman–Crippen LogP) is 5.61. The van der Waals surface area contributed by atoms with Crippen LogP contribution in [0, 0.1) is 18.6 Å². The van der Waals surface area contributed by atoms with Crippen LogP contribution >= 0.6 is 27.5 Å². The minimum Gasteiger partial charge on any atom is -0.207 e. The van der Waals surface area contributed by atoms with Crippen molar-refractivity contribution in [2.24, 2.45) is 0 Å². The van der Waals surface area contributed by atoms with E-state index in [-0.39, 0.29) is 16.5 Å². The molecule has 0 heterocycles. The van der Waals surface area contributed by atoms with Crippen molar-refractivity contribution < 1.29 is 8.78 Å². The number of benzene rings is 2. The Morgan fingerprint density at radius 2 is 1.84 bits per heavy atom. The largest absolute Gasteiger partial charge is 0.207 e. The molecule has 4 heteroatoms. The molecule has 0 aliphatic heterocycles. The first-order chi connectivity index (χ1) is 8.99. The van der Waals surface area contributed by atoms with E-state index >= 15 is 0 Å². The van der Waals surface area contributed by atoms with E-state index in [9.17, 15) is 8.78 Å². The van der Waals surface area contributed by atoms with Gasteiger partial charge in [0.1, 0.15) is 11.6 Å². The Morgan fingerprint density at radius 3 is 2.53 bits per heavy atom. The Hall–Kier alpha value is -0.930. The van der Waals surface area contributed by atoms with Crippen molar-refractivity contribution in [3.63, 3.8) is 0 Å². The summed E-state index contributed by atoms with van der Waals surface area (Å²) in [6.45, 7) is 1.68. The van der Waals surface area contributed by atoms with Crippen LogP contribution < -0.4 is 0 Å². The third-order valence-electron chi connectivity index (χ3n) is 2.97. The Morgan fingerprint density at radius 1 is 1.16 bits per heavy atom. The summed E-state index contributed by atoms with van der Waals surface area (Å²) < 4.78 is 27.0. The summed E-state index contributed by atoms with van der Waals surface area (Å²) in [5.74, 6) is -0.582. The van der Waals surface area contributed by atoms with Crippen LogP contribution in [0.5, 0.6) is 0 Å². The molecular formula is C15H12BrClF2. The summed E-state index contributed by atoms with van der Waals surface area (Å²) >= 11 is 9.53. The fraction of sp³-hybridized carbons (Fsp3) is 0.200. The Bertz CT molecular complexity index is 599. The van der Waals surface area contributed by atoms with E-state index in [0.29, 0.717) is 22.6 Å². The highest BCUT2D eigenvalue weighted by Gasteiger charge is 2.16. The number of hydrogen-bond acceptors (Lipinski definition) is 0. The van der Waals surface area contributed by atoms with Gasteiger partial charge < -0.3 is 0 Å². The molecule has 0 saturated heterocycles. The van der Waals surface area contributed by atoms with Crippen molar-refractivity contribution in [1.29, 1.82) is 0 Å². The van der Waals surface area contributed by atoms with E-state index in [1.54, 1.807) is 31.2 Å². The standard InChI is InChI=1S/C15H12BrClF2/c1-9-6-11(13(17)8-15(9)19)12(16)7-10-4-2-3-5-14(10)18/h2-6,8,12H,7H2,1H3. The molecule has 19 heavy (non-hydrogen) atoms. The van der Waals surface area contributed by atoms with Gasteiger partial charge in [-0.15, -0.1) is 0 Å². The molecular weight excluding hydrogens is 334 g/mol. The zero-order valence-corrected chi connectivity index (χ0v) is 12.6. The fourth-order valence-electron chi connectivity index (χ4n) is 1.89. The molecule has 1 unspecified atom stereocenters. The van der Waals surface area contributed by atoms with Crippen LogP contribution in [0.4, 0.5) is 8.78 Å². The van der Waals surface area contributed by atoms with Gasteiger partial charge in [0, 0.05) is 9.85 Å². The topological polar surface area (TPSA) is 0 Å². The first-order valence-corrected chi connectivity index (χ1v) is 7.11. The monoisotopic (exact) mass is 344 g/mol. The number of halogens is 4. The van der Waals surface area contributed by atoms with Gasteiger partial charge in [-0.2, -0.15) is 0 Å². The van der Waals surface area contributed by atoms with Gasteiger partial charge in [-0.05, 0) is 42.2 Å². The van der Waals surface area contributed by atoms with Crippen LogP contribution in [0.25, 0.3) is 0 Å². The second-order valence-corrected chi connectivity index (χ2v) is 5.90. The molecule has 0 saturated carbocycles. The average molecular weight is 346 g/mol. The van der Waals surface area contributed by atoms with Crippen LogP contribution in [0.15, 0.2) is 36.4 Å². The molecule has 0 aliphatic rings. The molecule has 1 atom stereocenters. The van der Waals surface area contributed by atoms with Crippen LogP contribution in [-0.4, -0.2) is 0 Å². The maximum atomic E-state index is 13.6. The van der Waals surface area contributed by atoms with Crippen LogP contribution in [-0.2, 0) is 6.42 Å². The molecule has 0 bridgehead atoms. The smallest absolute Gasteiger partial charge is 0.127 e. The zero-order valence-electron chi connectivity index (χ0n) is 10.3. The molecule has 0 fully saturated rings. The predicted molar refractivity (Wildman–Crippen MR) is 77.9 cm³/mol. The molecule has 100 valence electrons. The first kappa shape index (κ1) is 14.5. The summed E-state index contributed by atoms with van der Waals surface area (Å²) in [6.07, 6.45) is 0.456. The van der Waals surface area contributed by atoms with E-state index in [0.717, 1.165) is 5.56 Å². The highest BCUT2D eigenvalue weighted by molar-refractivity contribution is 9.09. The molecule has 0 aromatic heterocycles. The van der Waals surface area contributed by atoms with Crippen molar-refractivity contribution >= 4 is 27.5 Å². The van der Waals surface area contributed by atoms with Gasteiger partial charge in [0.05, 0.1) is 0 Å². The van der Waals surface area contributed by atoms with Gasteiger partial charge in [-0.25, -0.2) is 8.78 Å². The van der Waals surface area contributed by atoms with Crippen molar-refractivity contribution in [3.8, 4) is 0 Å². The molecule has 0 nitrogen and oxygen atoms in total. The van der Waals surface area contributed by atoms with Gasteiger partial charge in [-0.3, -0.25) is 0 Å². The van der Waals surface area contributed by atoms with Crippen molar-refractivity contribution in [2.45, 2.75) is 18.2 Å². The molecule has 2 aromatic rings. The van der Waals surface area contributed by atoms with Crippen LogP contribution in [0.2, 0.25) is 5.02 Å². The van der Waals surface area contributed by atoms with Gasteiger partial charge in [0.2, 0.25) is 0 Å². The summed E-state index contributed by atoms with van der Waals surface area (Å²) in [7, 11) is 0. The van der Waals surface area contributed by atoms with E-state index in [4.69, 9.17) is 11.6 Å². The highest BCUT2D eigenvalue weighted by atomic mass is 79.9. The van der Waals surface area contributed by atoms with Crippen molar-refractivity contribution in [2.75, 3.05) is 0 Å². The third kappa shape index (κ3) is 3.34. The van der Waals surface area contributed by atoms with Crippen LogP contribution in [0.1, 0.15) is 21.5 Å². The molecule has 2 aromatic carbocycles. The number of alkyl halides is 1. The lowest BCUT2D eigenvalue weighted by molar-refractivity contribution is 0.607. The lowest BCUT2D eigenvalue weighted by Crippen LogP contribution is -2.00. The lowest BCUT2D eigenvalue weighted by atomic mass is 10.0. The minimum atomic E-state index is -0.334. The number of aryl methyl sites for hydroxylation is 1. The summed E-state index contributed by atoms with van der Waals surface area (Å²) in [6, 6.07) is 9.58. The molecule has 0 aliphatic carbocycles. The molecule has 0 radical (unpaired) electrons. The lowest BCUT2D eigenvalue weighted by Gasteiger charge is -2.14. The summed E-state index contributed by atoms with van der Waals surface area (Å²) in [5, 5.41) is 0.348. The first-order valence-electron chi connectivity index (χ1n) is 5.82. The van der Waals surface area contributed by atoms with E-state index in [1.165, 1.54) is 12.1 Å². The van der Waals surface area contributed by atoms with Gasteiger partial charge >= 0.3 is 0 Å². The van der Waals surface area contributed by atoms with Crippen molar-refractivity contribution in [3.05, 3.63) is 69.7 Å². The minimum absolute atomic E-state index is 0.156. The van der Waals surface area contributed by atoms with Gasteiger partial charge in [0.15, 0.2) is 0 Å². The van der Waals surface area contributed by atoms with Gasteiger partial charge in [0.25, 0.3) is 0 Å². The van der Waals surface area contributed by atoms with E-state index in [1.807, 2.05) is 0 Å².